The molecule has 1 aromatic heterocycles. The van der Waals surface area contributed by atoms with Gasteiger partial charge in [0.25, 0.3) is 5.91 Å². The molecular formula is C19H21N3O2. The number of ether oxygens (including phenoxy) is 1. The Morgan fingerprint density at radius 2 is 1.83 bits per heavy atom. The van der Waals surface area contributed by atoms with Crippen LogP contribution in [0.2, 0.25) is 0 Å². The minimum absolute atomic E-state index is 0.160. The van der Waals surface area contributed by atoms with Gasteiger partial charge in [0, 0.05) is 12.1 Å². The third-order valence-electron chi connectivity index (χ3n) is 3.90. The molecule has 0 aliphatic rings. The number of carbonyl (C=O) groups excluding carboxylic acids is 1. The second-order valence-electron chi connectivity index (χ2n) is 6.06. The van der Waals surface area contributed by atoms with Gasteiger partial charge in [-0.25, -0.2) is 4.68 Å². The minimum atomic E-state index is -0.209. The van der Waals surface area contributed by atoms with Crippen LogP contribution in [0.5, 0.6) is 5.75 Å². The van der Waals surface area contributed by atoms with E-state index in [1.165, 1.54) is 0 Å². The quantitative estimate of drug-likeness (QED) is 0.783. The molecule has 5 heteroatoms. The van der Waals surface area contributed by atoms with Crippen molar-refractivity contribution in [1.82, 2.24) is 9.78 Å². The highest BCUT2D eigenvalue weighted by Gasteiger charge is 2.17. The van der Waals surface area contributed by atoms with Crippen LogP contribution in [0, 0.1) is 6.92 Å². The number of rotatable bonds is 4. The SMILES string of the molecule is COc1cc2ccccc2cc1C(=O)Nc1cc(C)nn1C(C)C. The number of hydrogen-bond acceptors (Lipinski definition) is 3. The van der Waals surface area contributed by atoms with Crippen molar-refractivity contribution in [2.45, 2.75) is 26.8 Å². The van der Waals surface area contributed by atoms with Gasteiger partial charge in [-0.15, -0.1) is 0 Å². The highest BCUT2D eigenvalue weighted by molar-refractivity contribution is 6.08. The molecule has 0 unspecified atom stereocenters. The molecule has 0 fully saturated rings. The number of carbonyl (C=O) groups is 1. The summed E-state index contributed by atoms with van der Waals surface area (Å²) in [6.07, 6.45) is 0. The summed E-state index contributed by atoms with van der Waals surface area (Å²) >= 11 is 0. The lowest BCUT2D eigenvalue weighted by atomic mass is 10.1. The van der Waals surface area contributed by atoms with Gasteiger partial charge < -0.3 is 10.1 Å². The second-order valence-corrected chi connectivity index (χ2v) is 6.06. The highest BCUT2D eigenvalue weighted by Crippen LogP contribution is 2.27. The molecule has 0 atom stereocenters. The maximum atomic E-state index is 12.8. The van der Waals surface area contributed by atoms with Gasteiger partial charge in [0.2, 0.25) is 0 Å². The van der Waals surface area contributed by atoms with Crippen LogP contribution in [0.25, 0.3) is 10.8 Å². The number of aryl methyl sites for hydroxylation is 1. The average Bonchev–Trinajstić information content (AvgIpc) is 2.94. The number of methoxy groups -OCH3 is 1. The summed E-state index contributed by atoms with van der Waals surface area (Å²) in [5.41, 5.74) is 1.37. The number of nitrogens with zero attached hydrogens (tertiary/aromatic N) is 2. The van der Waals surface area contributed by atoms with Crippen LogP contribution in [0.4, 0.5) is 5.82 Å². The summed E-state index contributed by atoms with van der Waals surface area (Å²) < 4.78 is 7.22. The molecule has 0 bridgehead atoms. The zero-order valence-electron chi connectivity index (χ0n) is 14.3. The fourth-order valence-corrected chi connectivity index (χ4v) is 2.75. The third kappa shape index (κ3) is 2.97. The Hall–Kier alpha value is -2.82. The number of benzene rings is 2. The maximum Gasteiger partial charge on any atom is 0.260 e. The molecule has 0 aliphatic heterocycles. The van der Waals surface area contributed by atoms with Crippen molar-refractivity contribution in [2.24, 2.45) is 0 Å². The number of hydrogen-bond donors (Lipinski definition) is 1. The molecule has 2 aromatic carbocycles. The Morgan fingerprint density at radius 1 is 1.17 bits per heavy atom. The van der Waals surface area contributed by atoms with E-state index >= 15 is 0 Å². The molecule has 24 heavy (non-hydrogen) atoms. The van der Waals surface area contributed by atoms with Crippen molar-refractivity contribution in [3.63, 3.8) is 0 Å². The molecular weight excluding hydrogens is 302 g/mol. The second kappa shape index (κ2) is 6.35. The van der Waals surface area contributed by atoms with Crippen molar-refractivity contribution >= 4 is 22.5 Å². The molecule has 3 aromatic rings. The van der Waals surface area contributed by atoms with Crippen LogP contribution >= 0.6 is 0 Å². The van der Waals surface area contributed by atoms with Crippen LogP contribution < -0.4 is 10.1 Å². The van der Waals surface area contributed by atoms with Crippen molar-refractivity contribution in [3.8, 4) is 5.75 Å². The first-order valence-corrected chi connectivity index (χ1v) is 7.94. The summed E-state index contributed by atoms with van der Waals surface area (Å²) in [4.78, 5) is 12.8. The van der Waals surface area contributed by atoms with Crippen LogP contribution in [0.1, 0.15) is 35.9 Å². The molecule has 0 saturated carbocycles. The van der Waals surface area contributed by atoms with E-state index in [9.17, 15) is 4.79 Å². The van der Waals surface area contributed by atoms with Crippen LogP contribution in [0.3, 0.4) is 0 Å². The molecule has 124 valence electrons. The predicted molar refractivity (Wildman–Crippen MR) is 95.8 cm³/mol. The number of fused-ring (bicyclic) bond motifs is 1. The first-order chi connectivity index (χ1) is 11.5. The minimum Gasteiger partial charge on any atom is -0.496 e. The van der Waals surface area contributed by atoms with Crippen molar-refractivity contribution in [1.29, 1.82) is 0 Å². The van der Waals surface area contributed by atoms with Crippen LogP contribution in [-0.4, -0.2) is 22.8 Å². The summed E-state index contributed by atoms with van der Waals surface area (Å²) in [5.74, 6) is 1.03. The molecule has 1 amide bonds. The lowest BCUT2D eigenvalue weighted by Crippen LogP contribution is -2.17. The van der Waals surface area contributed by atoms with Gasteiger partial charge in [-0.3, -0.25) is 4.79 Å². The van der Waals surface area contributed by atoms with E-state index in [1.807, 2.05) is 63.2 Å². The Labute approximate surface area is 141 Å². The molecule has 0 radical (unpaired) electrons. The molecule has 0 saturated heterocycles. The Balaban J connectivity index is 1.99. The standard InChI is InChI=1S/C19H21N3O2/c1-12(2)22-18(9-13(3)21-22)20-19(23)16-10-14-7-5-6-8-15(14)11-17(16)24-4/h5-12H,1-4H3,(H,20,23). The zero-order valence-corrected chi connectivity index (χ0v) is 14.3. The van der Waals surface area contributed by atoms with E-state index < -0.39 is 0 Å². The summed E-state index contributed by atoms with van der Waals surface area (Å²) in [5, 5.41) is 9.40. The topological polar surface area (TPSA) is 56.1 Å². The van der Waals surface area contributed by atoms with Gasteiger partial charge in [-0.1, -0.05) is 24.3 Å². The number of nitrogens with one attached hydrogen (secondary N) is 1. The van der Waals surface area contributed by atoms with Crippen LogP contribution in [0.15, 0.2) is 42.5 Å². The first kappa shape index (κ1) is 16.1. The van der Waals surface area contributed by atoms with E-state index in [4.69, 9.17) is 4.74 Å². The molecule has 0 aliphatic carbocycles. The largest absolute Gasteiger partial charge is 0.496 e. The van der Waals surface area contributed by atoms with Gasteiger partial charge in [0.1, 0.15) is 11.6 Å². The third-order valence-corrected chi connectivity index (χ3v) is 3.90. The molecule has 0 spiro atoms. The van der Waals surface area contributed by atoms with Crippen molar-refractivity contribution in [3.05, 3.63) is 53.7 Å². The summed E-state index contributed by atoms with van der Waals surface area (Å²) in [6.45, 7) is 5.96. The molecule has 1 N–H and O–H groups in total. The molecule has 5 nitrogen and oxygen atoms in total. The smallest absolute Gasteiger partial charge is 0.260 e. The van der Waals surface area contributed by atoms with Gasteiger partial charge >= 0.3 is 0 Å². The lowest BCUT2D eigenvalue weighted by Gasteiger charge is -2.14. The first-order valence-electron chi connectivity index (χ1n) is 7.94. The monoisotopic (exact) mass is 323 g/mol. The highest BCUT2D eigenvalue weighted by atomic mass is 16.5. The lowest BCUT2D eigenvalue weighted by molar-refractivity contribution is 0.102. The predicted octanol–water partition coefficient (Wildman–Crippen LogP) is 4.19. The summed E-state index contributed by atoms with van der Waals surface area (Å²) in [6, 6.07) is 13.7. The van der Waals surface area contributed by atoms with Gasteiger partial charge in [-0.2, -0.15) is 5.10 Å². The fraction of sp³-hybridized carbons (Fsp3) is 0.263. The molecule has 3 rings (SSSR count). The number of anilines is 1. The Morgan fingerprint density at radius 3 is 2.46 bits per heavy atom. The Kier molecular flexibility index (Phi) is 4.25. The van der Waals surface area contributed by atoms with Crippen molar-refractivity contribution < 1.29 is 9.53 Å². The number of aromatic nitrogens is 2. The summed E-state index contributed by atoms with van der Waals surface area (Å²) in [7, 11) is 1.57. The maximum absolute atomic E-state index is 12.8. The van der Waals surface area contributed by atoms with E-state index in [0.29, 0.717) is 17.1 Å². The van der Waals surface area contributed by atoms with E-state index in [1.54, 1.807) is 11.8 Å². The van der Waals surface area contributed by atoms with Crippen molar-refractivity contribution in [2.75, 3.05) is 12.4 Å². The van der Waals surface area contributed by atoms with E-state index in [0.717, 1.165) is 16.5 Å². The average molecular weight is 323 g/mol. The van der Waals surface area contributed by atoms with Gasteiger partial charge in [-0.05, 0) is 43.7 Å². The fourth-order valence-electron chi connectivity index (χ4n) is 2.75. The van der Waals surface area contributed by atoms with E-state index in [-0.39, 0.29) is 11.9 Å². The number of amides is 1. The van der Waals surface area contributed by atoms with Gasteiger partial charge in [0.15, 0.2) is 0 Å². The normalized spacial score (nSPS) is 11.0. The Bertz CT molecular complexity index is 897. The molecule has 1 heterocycles. The van der Waals surface area contributed by atoms with E-state index in [2.05, 4.69) is 10.4 Å². The van der Waals surface area contributed by atoms with Gasteiger partial charge in [0.05, 0.1) is 18.4 Å². The zero-order chi connectivity index (χ0) is 17.3. The van der Waals surface area contributed by atoms with Crippen LogP contribution in [-0.2, 0) is 0 Å².